The number of nitrogens with two attached hydrogens (primary N) is 1. The number of esters is 2. The lowest BCUT2D eigenvalue weighted by molar-refractivity contribution is -0.167. The van der Waals surface area contributed by atoms with Crippen molar-refractivity contribution in [2.45, 2.75) is 53.9 Å². The molecule has 0 aromatic heterocycles. The quantitative estimate of drug-likeness (QED) is 0.486. The third-order valence-electron chi connectivity index (χ3n) is 3.67. The Morgan fingerprint density at radius 1 is 0.923 bits per heavy atom. The number of hydrogen-bond donors (Lipinski definition) is 1. The van der Waals surface area contributed by atoms with Crippen LogP contribution in [0.15, 0.2) is 18.2 Å². The number of nitrogen functional groups attached to an aromatic ring is 1. The van der Waals surface area contributed by atoms with Crippen molar-refractivity contribution in [2.24, 2.45) is 10.8 Å². The van der Waals surface area contributed by atoms with Gasteiger partial charge in [-0.15, -0.1) is 0 Å². The minimum absolute atomic E-state index is 0.0674. The van der Waals surface area contributed by atoms with Crippen LogP contribution in [-0.4, -0.2) is 25.2 Å². The average molecular weight is 367 g/mol. The second-order valence-corrected chi connectivity index (χ2v) is 9.13. The Morgan fingerprint density at radius 2 is 1.35 bits per heavy atom. The van der Waals surface area contributed by atoms with Gasteiger partial charge in [-0.25, -0.2) is 4.39 Å². The standard InChI is InChI=1S/C20H30FNO4/c1-18(2,3)11-25-16(23)20(7,17(24)26-12-19(4,5)6)13-8-9-15(22)14(21)10-13/h8-10H,11-12,22H2,1-7H3. The van der Waals surface area contributed by atoms with Gasteiger partial charge in [0, 0.05) is 0 Å². The van der Waals surface area contributed by atoms with Gasteiger partial charge in [-0.2, -0.15) is 0 Å². The van der Waals surface area contributed by atoms with Gasteiger partial charge in [0.1, 0.15) is 5.82 Å². The zero-order chi connectivity index (χ0) is 20.3. The van der Waals surface area contributed by atoms with Crippen LogP contribution in [0, 0.1) is 16.6 Å². The van der Waals surface area contributed by atoms with Crippen LogP contribution in [-0.2, 0) is 24.5 Å². The van der Waals surface area contributed by atoms with Gasteiger partial charge in [0.2, 0.25) is 0 Å². The van der Waals surface area contributed by atoms with E-state index in [9.17, 15) is 14.0 Å². The molecule has 0 aliphatic rings. The van der Waals surface area contributed by atoms with Gasteiger partial charge in [-0.05, 0) is 35.4 Å². The van der Waals surface area contributed by atoms with Crippen molar-refractivity contribution >= 4 is 17.6 Å². The first-order chi connectivity index (χ1) is 11.7. The fourth-order valence-corrected chi connectivity index (χ4v) is 2.01. The van der Waals surface area contributed by atoms with E-state index in [1.165, 1.54) is 19.1 Å². The van der Waals surface area contributed by atoms with E-state index >= 15 is 0 Å². The number of carbonyl (C=O) groups excluding carboxylic acids is 2. The highest BCUT2D eigenvalue weighted by Gasteiger charge is 2.47. The Bertz CT molecular complexity index is 641. The summed E-state index contributed by atoms with van der Waals surface area (Å²) in [5.74, 6) is -2.27. The maximum atomic E-state index is 14.0. The lowest BCUT2D eigenvalue weighted by atomic mass is 9.82. The Kier molecular flexibility index (Phi) is 6.44. The second-order valence-electron chi connectivity index (χ2n) is 9.13. The average Bonchev–Trinajstić information content (AvgIpc) is 2.50. The van der Waals surface area contributed by atoms with Crippen molar-refractivity contribution < 1.29 is 23.5 Å². The Labute approximate surface area is 155 Å². The lowest BCUT2D eigenvalue weighted by Crippen LogP contribution is -2.45. The van der Waals surface area contributed by atoms with Crippen molar-refractivity contribution in [3.05, 3.63) is 29.6 Å². The minimum atomic E-state index is -1.79. The van der Waals surface area contributed by atoms with Crippen molar-refractivity contribution in [3.63, 3.8) is 0 Å². The van der Waals surface area contributed by atoms with Crippen LogP contribution in [0.5, 0.6) is 0 Å². The first-order valence-corrected chi connectivity index (χ1v) is 8.57. The summed E-state index contributed by atoms with van der Waals surface area (Å²) in [6.07, 6.45) is 0. The molecule has 0 spiro atoms. The minimum Gasteiger partial charge on any atom is -0.464 e. The van der Waals surface area contributed by atoms with Crippen molar-refractivity contribution in [2.75, 3.05) is 18.9 Å². The van der Waals surface area contributed by atoms with Gasteiger partial charge in [-0.3, -0.25) is 9.59 Å². The summed E-state index contributed by atoms with van der Waals surface area (Å²) in [6.45, 7) is 13.0. The highest BCUT2D eigenvalue weighted by Crippen LogP contribution is 2.31. The van der Waals surface area contributed by atoms with E-state index < -0.39 is 23.2 Å². The van der Waals surface area contributed by atoms with Gasteiger partial charge in [0.25, 0.3) is 0 Å². The molecule has 0 saturated heterocycles. The van der Waals surface area contributed by atoms with Gasteiger partial charge in [-0.1, -0.05) is 47.6 Å². The molecule has 0 aliphatic heterocycles. The smallest absolute Gasteiger partial charge is 0.327 e. The molecule has 0 fully saturated rings. The molecule has 146 valence electrons. The van der Waals surface area contributed by atoms with E-state index in [4.69, 9.17) is 15.2 Å². The summed E-state index contributed by atoms with van der Waals surface area (Å²) in [5, 5.41) is 0. The second kappa shape index (κ2) is 7.64. The van der Waals surface area contributed by atoms with E-state index in [-0.39, 0.29) is 35.3 Å². The van der Waals surface area contributed by atoms with Crippen molar-refractivity contribution in [1.29, 1.82) is 0 Å². The number of benzene rings is 1. The number of halogens is 1. The molecule has 26 heavy (non-hydrogen) atoms. The number of ether oxygens (including phenoxy) is 2. The third kappa shape index (κ3) is 5.71. The predicted octanol–water partition coefficient (Wildman–Crippen LogP) is 3.84. The molecular formula is C20H30FNO4. The molecule has 0 radical (unpaired) electrons. The van der Waals surface area contributed by atoms with Gasteiger partial charge >= 0.3 is 11.9 Å². The lowest BCUT2D eigenvalue weighted by Gasteiger charge is -2.29. The predicted molar refractivity (Wildman–Crippen MR) is 99.0 cm³/mol. The Hall–Kier alpha value is -2.11. The number of carbonyl (C=O) groups is 2. The molecule has 0 atom stereocenters. The monoisotopic (exact) mass is 367 g/mol. The molecule has 0 amide bonds. The van der Waals surface area contributed by atoms with Crippen LogP contribution in [0.3, 0.4) is 0 Å². The molecule has 0 saturated carbocycles. The van der Waals surface area contributed by atoms with E-state index in [1.54, 1.807) is 0 Å². The zero-order valence-electron chi connectivity index (χ0n) is 16.7. The summed E-state index contributed by atoms with van der Waals surface area (Å²) < 4.78 is 24.7. The van der Waals surface area contributed by atoms with Crippen molar-refractivity contribution in [1.82, 2.24) is 0 Å². The first kappa shape index (κ1) is 21.9. The normalized spacial score (nSPS) is 12.6. The topological polar surface area (TPSA) is 78.6 Å². The molecule has 0 bridgehead atoms. The van der Waals surface area contributed by atoms with Crippen LogP contribution in [0.2, 0.25) is 0 Å². The molecule has 0 unspecified atom stereocenters. The van der Waals surface area contributed by atoms with E-state index in [0.29, 0.717) is 0 Å². The number of anilines is 1. The number of hydrogen-bond acceptors (Lipinski definition) is 5. The molecule has 1 aromatic carbocycles. The molecule has 0 aliphatic carbocycles. The zero-order valence-corrected chi connectivity index (χ0v) is 16.7. The molecule has 1 rings (SSSR count). The summed E-state index contributed by atoms with van der Waals surface area (Å²) >= 11 is 0. The molecule has 2 N–H and O–H groups in total. The molecule has 5 nitrogen and oxygen atoms in total. The van der Waals surface area contributed by atoms with Gasteiger partial charge < -0.3 is 15.2 Å². The van der Waals surface area contributed by atoms with E-state index in [1.807, 2.05) is 41.5 Å². The molecule has 6 heteroatoms. The maximum absolute atomic E-state index is 14.0. The van der Waals surface area contributed by atoms with Crippen molar-refractivity contribution in [3.8, 4) is 0 Å². The first-order valence-electron chi connectivity index (χ1n) is 8.57. The van der Waals surface area contributed by atoms with Gasteiger partial charge in [0.15, 0.2) is 5.41 Å². The van der Waals surface area contributed by atoms with Crippen LogP contribution in [0.4, 0.5) is 10.1 Å². The SMILES string of the molecule is CC(C)(C)COC(=O)C(C)(C(=O)OCC(C)(C)C)c1ccc(N)c(F)c1. The maximum Gasteiger partial charge on any atom is 0.327 e. The molecule has 1 aromatic rings. The largest absolute Gasteiger partial charge is 0.464 e. The van der Waals surface area contributed by atoms with Crippen LogP contribution in [0.25, 0.3) is 0 Å². The molecular weight excluding hydrogens is 337 g/mol. The summed E-state index contributed by atoms with van der Waals surface area (Å²) in [6, 6.07) is 3.83. The summed E-state index contributed by atoms with van der Waals surface area (Å²) in [7, 11) is 0. The van der Waals surface area contributed by atoms with E-state index in [0.717, 1.165) is 6.07 Å². The Morgan fingerprint density at radius 3 is 1.69 bits per heavy atom. The van der Waals surface area contributed by atoms with Crippen LogP contribution < -0.4 is 5.73 Å². The fourth-order valence-electron chi connectivity index (χ4n) is 2.01. The summed E-state index contributed by atoms with van der Waals surface area (Å²) in [5.41, 5.74) is 3.24. The van der Waals surface area contributed by atoms with Crippen LogP contribution in [0.1, 0.15) is 54.0 Å². The highest BCUT2D eigenvalue weighted by molar-refractivity contribution is 6.06. The third-order valence-corrected chi connectivity index (χ3v) is 3.67. The summed E-state index contributed by atoms with van der Waals surface area (Å²) in [4.78, 5) is 25.6. The number of rotatable bonds is 5. The molecule has 0 heterocycles. The van der Waals surface area contributed by atoms with Crippen LogP contribution >= 0.6 is 0 Å². The Balaban J connectivity index is 3.24. The van der Waals surface area contributed by atoms with Gasteiger partial charge in [0.05, 0.1) is 18.9 Å². The van der Waals surface area contributed by atoms with E-state index in [2.05, 4.69) is 0 Å². The highest BCUT2D eigenvalue weighted by atomic mass is 19.1. The fraction of sp³-hybridized carbons (Fsp3) is 0.600.